The summed E-state index contributed by atoms with van der Waals surface area (Å²) in [6.45, 7) is 3.19. The summed E-state index contributed by atoms with van der Waals surface area (Å²) in [5.41, 5.74) is 6.64. The van der Waals surface area contributed by atoms with E-state index >= 15 is 0 Å². The predicted molar refractivity (Wildman–Crippen MR) is 58.2 cm³/mol. The SMILES string of the molecule is CCOc1ccc(I)cc1CN. The zero-order valence-electron chi connectivity index (χ0n) is 7.01. The van der Waals surface area contributed by atoms with E-state index in [-0.39, 0.29) is 0 Å². The van der Waals surface area contributed by atoms with Crippen LogP contribution in [-0.2, 0) is 6.54 Å². The Hall–Kier alpha value is -0.290. The van der Waals surface area contributed by atoms with Gasteiger partial charge in [-0.1, -0.05) is 0 Å². The van der Waals surface area contributed by atoms with Gasteiger partial charge in [-0.2, -0.15) is 0 Å². The van der Waals surface area contributed by atoms with E-state index in [9.17, 15) is 0 Å². The van der Waals surface area contributed by atoms with Gasteiger partial charge in [0.1, 0.15) is 5.75 Å². The molecule has 0 fully saturated rings. The van der Waals surface area contributed by atoms with E-state index in [2.05, 4.69) is 22.6 Å². The molecule has 0 unspecified atom stereocenters. The quantitative estimate of drug-likeness (QED) is 0.859. The minimum Gasteiger partial charge on any atom is -0.494 e. The first kappa shape index (κ1) is 9.80. The minimum atomic E-state index is 0.534. The molecule has 0 saturated carbocycles. The second-order valence-corrected chi connectivity index (χ2v) is 3.63. The van der Waals surface area contributed by atoms with E-state index in [0.717, 1.165) is 11.3 Å². The first-order valence-corrected chi connectivity index (χ1v) is 4.97. The first-order valence-electron chi connectivity index (χ1n) is 3.89. The van der Waals surface area contributed by atoms with Crippen LogP contribution in [0.4, 0.5) is 0 Å². The third kappa shape index (κ3) is 2.35. The predicted octanol–water partition coefficient (Wildman–Crippen LogP) is 2.15. The summed E-state index contributed by atoms with van der Waals surface area (Å²) in [4.78, 5) is 0. The fourth-order valence-electron chi connectivity index (χ4n) is 1.00. The summed E-state index contributed by atoms with van der Waals surface area (Å²) in [7, 11) is 0. The minimum absolute atomic E-state index is 0.534. The summed E-state index contributed by atoms with van der Waals surface area (Å²) in [5, 5.41) is 0. The lowest BCUT2D eigenvalue weighted by molar-refractivity contribution is 0.336. The van der Waals surface area contributed by atoms with Crippen molar-refractivity contribution in [2.45, 2.75) is 13.5 Å². The lowest BCUT2D eigenvalue weighted by Crippen LogP contribution is -2.02. The molecule has 1 aromatic carbocycles. The van der Waals surface area contributed by atoms with E-state index in [4.69, 9.17) is 10.5 Å². The van der Waals surface area contributed by atoms with Gasteiger partial charge in [-0.25, -0.2) is 0 Å². The monoisotopic (exact) mass is 277 g/mol. The average molecular weight is 277 g/mol. The van der Waals surface area contributed by atoms with Crippen LogP contribution in [0.25, 0.3) is 0 Å². The molecule has 0 aliphatic rings. The third-order valence-corrected chi connectivity index (χ3v) is 2.21. The highest BCUT2D eigenvalue weighted by Gasteiger charge is 2.00. The number of hydrogen-bond donors (Lipinski definition) is 1. The molecule has 2 N–H and O–H groups in total. The number of rotatable bonds is 3. The van der Waals surface area contributed by atoms with Gasteiger partial charge in [0, 0.05) is 15.7 Å². The van der Waals surface area contributed by atoms with Crippen LogP contribution < -0.4 is 10.5 Å². The Labute approximate surface area is 86.2 Å². The van der Waals surface area contributed by atoms with Crippen molar-refractivity contribution < 1.29 is 4.74 Å². The van der Waals surface area contributed by atoms with Crippen LogP contribution in [0.1, 0.15) is 12.5 Å². The van der Waals surface area contributed by atoms with Crippen LogP contribution in [0, 0.1) is 3.57 Å². The lowest BCUT2D eigenvalue weighted by Gasteiger charge is -2.08. The third-order valence-electron chi connectivity index (χ3n) is 1.54. The zero-order valence-corrected chi connectivity index (χ0v) is 9.17. The van der Waals surface area contributed by atoms with Crippen LogP contribution in [0.5, 0.6) is 5.75 Å². The summed E-state index contributed by atoms with van der Waals surface area (Å²) < 4.78 is 6.59. The standard InChI is InChI=1S/C9H12INO/c1-2-12-9-4-3-8(10)5-7(9)6-11/h3-5H,2,6,11H2,1H3. The molecule has 0 spiro atoms. The fourth-order valence-corrected chi connectivity index (χ4v) is 1.56. The van der Waals surface area contributed by atoms with Crippen molar-refractivity contribution >= 4 is 22.6 Å². The summed E-state index contributed by atoms with van der Waals surface area (Å²) >= 11 is 2.26. The van der Waals surface area contributed by atoms with Crippen molar-refractivity contribution in [3.05, 3.63) is 27.3 Å². The van der Waals surface area contributed by atoms with E-state index in [0.29, 0.717) is 13.2 Å². The maximum atomic E-state index is 5.57. The molecule has 0 atom stereocenters. The maximum absolute atomic E-state index is 5.57. The molecular formula is C9H12INO. The second-order valence-electron chi connectivity index (χ2n) is 2.39. The summed E-state index contributed by atoms with van der Waals surface area (Å²) in [5.74, 6) is 0.903. The Bertz CT molecular complexity index is 263. The highest BCUT2D eigenvalue weighted by Crippen LogP contribution is 2.20. The smallest absolute Gasteiger partial charge is 0.123 e. The molecule has 0 bridgehead atoms. The Kier molecular flexibility index (Phi) is 3.81. The molecule has 0 amide bonds. The highest BCUT2D eigenvalue weighted by atomic mass is 127. The molecule has 1 rings (SSSR count). The largest absolute Gasteiger partial charge is 0.494 e. The second kappa shape index (κ2) is 4.67. The van der Waals surface area contributed by atoms with Gasteiger partial charge in [0.25, 0.3) is 0 Å². The number of benzene rings is 1. The molecule has 0 heterocycles. The van der Waals surface area contributed by atoms with Gasteiger partial charge in [0.15, 0.2) is 0 Å². The molecule has 0 radical (unpaired) electrons. The molecule has 0 saturated heterocycles. The van der Waals surface area contributed by atoms with Gasteiger partial charge in [0.2, 0.25) is 0 Å². The van der Waals surface area contributed by atoms with E-state index < -0.39 is 0 Å². The normalized spacial score (nSPS) is 9.92. The van der Waals surface area contributed by atoms with E-state index in [1.54, 1.807) is 0 Å². The van der Waals surface area contributed by atoms with Gasteiger partial charge in [-0.3, -0.25) is 0 Å². The molecule has 2 nitrogen and oxygen atoms in total. The molecule has 3 heteroatoms. The van der Waals surface area contributed by atoms with Crippen molar-refractivity contribution in [2.24, 2.45) is 5.73 Å². The molecule has 0 aliphatic heterocycles. The molecule has 12 heavy (non-hydrogen) atoms. The van der Waals surface area contributed by atoms with Crippen LogP contribution in [-0.4, -0.2) is 6.61 Å². The van der Waals surface area contributed by atoms with Gasteiger partial charge in [-0.15, -0.1) is 0 Å². The molecule has 0 aromatic heterocycles. The Morgan fingerprint density at radius 2 is 2.25 bits per heavy atom. The first-order chi connectivity index (χ1) is 5.77. The Balaban J connectivity index is 2.94. The van der Waals surface area contributed by atoms with Crippen molar-refractivity contribution in [1.82, 2.24) is 0 Å². The fraction of sp³-hybridized carbons (Fsp3) is 0.333. The van der Waals surface area contributed by atoms with Crippen LogP contribution in [0.3, 0.4) is 0 Å². The summed E-state index contributed by atoms with van der Waals surface area (Å²) in [6.07, 6.45) is 0. The van der Waals surface area contributed by atoms with Crippen LogP contribution >= 0.6 is 22.6 Å². The molecular weight excluding hydrogens is 265 g/mol. The Morgan fingerprint density at radius 3 is 2.83 bits per heavy atom. The van der Waals surface area contributed by atoms with Crippen molar-refractivity contribution in [1.29, 1.82) is 0 Å². The molecule has 66 valence electrons. The zero-order chi connectivity index (χ0) is 8.97. The topological polar surface area (TPSA) is 35.2 Å². The van der Waals surface area contributed by atoms with Crippen molar-refractivity contribution in [3.8, 4) is 5.75 Å². The molecule has 1 aromatic rings. The van der Waals surface area contributed by atoms with Gasteiger partial charge < -0.3 is 10.5 Å². The van der Waals surface area contributed by atoms with Crippen molar-refractivity contribution in [3.63, 3.8) is 0 Å². The summed E-state index contributed by atoms with van der Waals surface area (Å²) in [6, 6.07) is 6.03. The maximum Gasteiger partial charge on any atom is 0.123 e. The van der Waals surface area contributed by atoms with Crippen LogP contribution in [0.15, 0.2) is 18.2 Å². The number of hydrogen-bond acceptors (Lipinski definition) is 2. The van der Waals surface area contributed by atoms with E-state index in [1.807, 2.05) is 25.1 Å². The van der Waals surface area contributed by atoms with Crippen LogP contribution in [0.2, 0.25) is 0 Å². The average Bonchev–Trinajstić information content (AvgIpc) is 2.08. The van der Waals surface area contributed by atoms with Crippen molar-refractivity contribution in [2.75, 3.05) is 6.61 Å². The Morgan fingerprint density at radius 1 is 1.50 bits per heavy atom. The highest BCUT2D eigenvalue weighted by molar-refractivity contribution is 14.1. The number of halogens is 1. The number of nitrogens with two attached hydrogens (primary N) is 1. The van der Waals surface area contributed by atoms with Gasteiger partial charge in [-0.05, 0) is 47.7 Å². The van der Waals surface area contributed by atoms with E-state index in [1.165, 1.54) is 3.57 Å². The lowest BCUT2D eigenvalue weighted by atomic mass is 10.2. The molecule has 0 aliphatic carbocycles. The van der Waals surface area contributed by atoms with Gasteiger partial charge >= 0.3 is 0 Å². The van der Waals surface area contributed by atoms with Gasteiger partial charge in [0.05, 0.1) is 6.61 Å². The number of ether oxygens (including phenoxy) is 1.